The predicted molar refractivity (Wildman–Crippen MR) is 127 cm³/mol. The lowest BCUT2D eigenvalue weighted by Gasteiger charge is -2.22. The molecule has 0 spiro atoms. The molecule has 170 valence electrons. The molecule has 2 aromatic heterocycles. The zero-order valence-corrected chi connectivity index (χ0v) is 19.3. The molecule has 1 aliphatic heterocycles. The molecule has 0 N–H and O–H groups in total. The Kier molecular flexibility index (Phi) is 5.72. The monoisotopic (exact) mass is 465 g/mol. The third-order valence-corrected chi connectivity index (χ3v) is 7.05. The maximum atomic E-state index is 13.4. The van der Waals surface area contributed by atoms with E-state index < -0.39 is 0 Å². The van der Waals surface area contributed by atoms with Crippen molar-refractivity contribution in [3.8, 4) is 11.4 Å². The van der Waals surface area contributed by atoms with Gasteiger partial charge >= 0.3 is 0 Å². The molecule has 33 heavy (non-hydrogen) atoms. The van der Waals surface area contributed by atoms with Gasteiger partial charge in [-0.15, -0.1) is 0 Å². The van der Waals surface area contributed by atoms with E-state index in [0.29, 0.717) is 30.9 Å². The molecule has 0 aliphatic carbocycles. The SMILES string of the molecule is COc1ccccc1C(=O)N1CCCN(c2nc3c(s2)c(C)nn3-c2ccc(F)cc2)CC1. The highest BCUT2D eigenvalue weighted by atomic mass is 32.1. The van der Waals surface area contributed by atoms with Gasteiger partial charge in [0.05, 0.1) is 28.8 Å². The summed E-state index contributed by atoms with van der Waals surface area (Å²) in [4.78, 5) is 22.1. The van der Waals surface area contributed by atoms with Gasteiger partial charge in [0, 0.05) is 26.2 Å². The average Bonchev–Trinajstić information content (AvgIpc) is 3.30. The van der Waals surface area contributed by atoms with Crippen molar-refractivity contribution in [2.24, 2.45) is 0 Å². The Morgan fingerprint density at radius 2 is 1.85 bits per heavy atom. The van der Waals surface area contributed by atoms with Gasteiger partial charge in [0.2, 0.25) is 0 Å². The first-order valence-corrected chi connectivity index (χ1v) is 11.7. The summed E-state index contributed by atoms with van der Waals surface area (Å²) >= 11 is 1.60. The van der Waals surface area contributed by atoms with Crippen molar-refractivity contribution in [2.75, 3.05) is 38.2 Å². The zero-order chi connectivity index (χ0) is 22.9. The number of thiazole rings is 1. The minimum absolute atomic E-state index is 0.0126. The van der Waals surface area contributed by atoms with E-state index in [0.717, 1.165) is 39.8 Å². The summed E-state index contributed by atoms with van der Waals surface area (Å²) in [5.41, 5.74) is 3.02. The van der Waals surface area contributed by atoms with Crippen molar-refractivity contribution < 1.29 is 13.9 Å². The Bertz CT molecular complexity index is 1300. The first-order valence-electron chi connectivity index (χ1n) is 10.8. The first-order chi connectivity index (χ1) is 16.0. The minimum atomic E-state index is -0.283. The zero-order valence-electron chi connectivity index (χ0n) is 18.5. The van der Waals surface area contributed by atoms with E-state index in [1.165, 1.54) is 12.1 Å². The summed E-state index contributed by atoms with van der Waals surface area (Å²) in [5.74, 6) is 0.298. The van der Waals surface area contributed by atoms with Crippen LogP contribution in [0.3, 0.4) is 0 Å². The lowest BCUT2D eigenvalue weighted by molar-refractivity contribution is 0.0763. The molecule has 1 aliphatic rings. The van der Waals surface area contributed by atoms with Gasteiger partial charge in [-0.25, -0.2) is 9.07 Å². The highest BCUT2D eigenvalue weighted by Crippen LogP contribution is 2.33. The summed E-state index contributed by atoms with van der Waals surface area (Å²) in [7, 11) is 1.58. The Morgan fingerprint density at radius 3 is 2.64 bits per heavy atom. The van der Waals surface area contributed by atoms with E-state index in [-0.39, 0.29) is 11.7 Å². The molecule has 1 amide bonds. The van der Waals surface area contributed by atoms with Gasteiger partial charge in [-0.3, -0.25) is 4.79 Å². The molecule has 1 saturated heterocycles. The number of rotatable bonds is 4. The number of anilines is 1. The van der Waals surface area contributed by atoms with Crippen molar-refractivity contribution >= 4 is 32.7 Å². The summed E-state index contributed by atoms with van der Waals surface area (Å²) in [6.07, 6.45) is 0.847. The topological polar surface area (TPSA) is 63.5 Å². The summed E-state index contributed by atoms with van der Waals surface area (Å²) < 4.78 is 21.5. The maximum Gasteiger partial charge on any atom is 0.257 e. The second-order valence-corrected chi connectivity index (χ2v) is 8.93. The molecule has 0 radical (unpaired) electrons. The maximum absolute atomic E-state index is 13.4. The third kappa shape index (κ3) is 4.04. The van der Waals surface area contributed by atoms with Gasteiger partial charge in [-0.1, -0.05) is 23.5 Å². The van der Waals surface area contributed by atoms with Crippen LogP contribution in [0.4, 0.5) is 9.52 Å². The van der Waals surface area contributed by atoms with E-state index in [9.17, 15) is 9.18 Å². The van der Waals surface area contributed by atoms with Crippen molar-refractivity contribution in [1.82, 2.24) is 19.7 Å². The predicted octanol–water partition coefficient (Wildman–Crippen LogP) is 4.29. The van der Waals surface area contributed by atoms with Gasteiger partial charge in [0.25, 0.3) is 5.91 Å². The van der Waals surface area contributed by atoms with E-state index in [1.807, 2.05) is 30.0 Å². The Morgan fingerprint density at radius 1 is 1.06 bits per heavy atom. The molecule has 1 fully saturated rings. The third-order valence-electron chi connectivity index (χ3n) is 5.84. The number of benzene rings is 2. The summed E-state index contributed by atoms with van der Waals surface area (Å²) in [6.45, 7) is 4.76. The van der Waals surface area contributed by atoms with Crippen LogP contribution < -0.4 is 9.64 Å². The number of amides is 1. The molecule has 4 aromatic rings. The molecule has 0 atom stereocenters. The normalized spacial score (nSPS) is 14.5. The van der Waals surface area contributed by atoms with Crippen LogP contribution in [0.2, 0.25) is 0 Å². The van der Waals surface area contributed by atoms with E-state index in [1.54, 1.807) is 41.3 Å². The van der Waals surface area contributed by atoms with Gasteiger partial charge < -0.3 is 14.5 Å². The van der Waals surface area contributed by atoms with Crippen LogP contribution >= 0.6 is 11.3 Å². The summed E-state index contributed by atoms with van der Waals surface area (Å²) in [5, 5.41) is 5.51. The molecule has 0 unspecified atom stereocenters. The number of hydrogen-bond donors (Lipinski definition) is 0. The molecule has 5 rings (SSSR count). The molecule has 2 aromatic carbocycles. The number of aryl methyl sites for hydroxylation is 1. The number of ether oxygens (including phenoxy) is 1. The summed E-state index contributed by atoms with van der Waals surface area (Å²) in [6, 6.07) is 13.6. The van der Waals surface area contributed by atoms with E-state index >= 15 is 0 Å². The van der Waals surface area contributed by atoms with Gasteiger partial charge in [0.1, 0.15) is 11.6 Å². The fourth-order valence-electron chi connectivity index (χ4n) is 4.12. The molecule has 9 heteroatoms. The lowest BCUT2D eigenvalue weighted by atomic mass is 10.1. The second-order valence-electron chi connectivity index (χ2n) is 7.96. The minimum Gasteiger partial charge on any atom is -0.496 e. The number of carbonyl (C=O) groups is 1. The highest BCUT2D eigenvalue weighted by molar-refractivity contribution is 7.22. The van der Waals surface area contributed by atoms with E-state index in [4.69, 9.17) is 9.72 Å². The quantitative estimate of drug-likeness (QED) is 0.450. The number of para-hydroxylation sites is 1. The number of aromatic nitrogens is 3. The fraction of sp³-hybridized carbons (Fsp3) is 0.292. The molecule has 7 nitrogen and oxygen atoms in total. The highest BCUT2D eigenvalue weighted by Gasteiger charge is 2.25. The lowest BCUT2D eigenvalue weighted by Crippen LogP contribution is -2.35. The molecular formula is C24H24FN5O2S. The second kappa shape index (κ2) is 8.82. The van der Waals surface area contributed by atoms with Crippen LogP contribution in [0, 0.1) is 12.7 Å². The molecule has 0 saturated carbocycles. The van der Waals surface area contributed by atoms with Gasteiger partial charge in [0.15, 0.2) is 10.8 Å². The largest absolute Gasteiger partial charge is 0.496 e. The standard InChI is InChI=1S/C24H24FN5O2S/c1-16-21-22(30(27-16)18-10-8-17(25)9-11-18)26-24(33-21)29-13-5-12-28(14-15-29)23(31)19-6-3-4-7-20(19)32-2/h3-4,6-11H,5,12-15H2,1-2H3. The smallest absolute Gasteiger partial charge is 0.257 e. The van der Waals surface area contributed by atoms with Gasteiger partial charge in [-0.2, -0.15) is 10.1 Å². The van der Waals surface area contributed by atoms with Crippen LogP contribution in [0.1, 0.15) is 22.5 Å². The number of nitrogens with zero attached hydrogens (tertiary/aromatic N) is 5. The molecular weight excluding hydrogens is 441 g/mol. The number of halogens is 1. The van der Waals surface area contributed by atoms with E-state index in [2.05, 4.69) is 10.00 Å². The van der Waals surface area contributed by atoms with Crippen molar-refractivity contribution in [2.45, 2.75) is 13.3 Å². The van der Waals surface area contributed by atoms with Crippen molar-refractivity contribution in [3.63, 3.8) is 0 Å². The first kappa shape index (κ1) is 21.4. The Balaban J connectivity index is 1.37. The molecule has 0 bridgehead atoms. The number of carbonyl (C=O) groups excluding carboxylic acids is 1. The van der Waals surface area contributed by atoms with Crippen molar-refractivity contribution in [3.05, 3.63) is 65.6 Å². The van der Waals surface area contributed by atoms with Crippen LogP contribution in [0.25, 0.3) is 16.0 Å². The Labute approximate surface area is 195 Å². The van der Waals surface area contributed by atoms with Crippen LogP contribution in [0.15, 0.2) is 48.5 Å². The van der Waals surface area contributed by atoms with Crippen LogP contribution in [-0.2, 0) is 0 Å². The van der Waals surface area contributed by atoms with Crippen molar-refractivity contribution in [1.29, 1.82) is 0 Å². The average molecular weight is 466 g/mol. The molecule has 3 heterocycles. The number of fused-ring (bicyclic) bond motifs is 1. The number of hydrogen-bond acceptors (Lipinski definition) is 6. The number of methoxy groups -OCH3 is 1. The van der Waals surface area contributed by atoms with Crippen LogP contribution in [-0.4, -0.2) is 58.9 Å². The van der Waals surface area contributed by atoms with Gasteiger partial charge in [-0.05, 0) is 49.7 Å². The fourth-order valence-corrected chi connectivity index (χ4v) is 5.16. The Hall–Kier alpha value is -3.46. The van der Waals surface area contributed by atoms with Crippen LogP contribution in [0.5, 0.6) is 5.75 Å².